The molecule has 2 heterocycles. The molecule has 1 fully saturated rings. The van der Waals surface area contributed by atoms with Gasteiger partial charge in [0, 0.05) is 42.0 Å². The second-order valence-corrected chi connectivity index (χ2v) is 6.14. The molecule has 18 heavy (non-hydrogen) atoms. The lowest BCUT2D eigenvalue weighted by Gasteiger charge is -2.42. The van der Waals surface area contributed by atoms with Crippen LogP contribution in [0.2, 0.25) is 0 Å². The Hall–Kier alpha value is 0.0200. The van der Waals surface area contributed by atoms with Gasteiger partial charge in [-0.25, -0.2) is 5.43 Å². The molecule has 1 aromatic heterocycles. The summed E-state index contributed by atoms with van der Waals surface area (Å²) in [5.41, 5.74) is 2.67. The Kier molecular flexibility index (Phi) is 5.17. The predicted molar refractivity (Wildman–Crippen MR) is 76.5 cm³/mol. The molecule has 0 spiro atoms. The molecular formula is C12H19BrN2O2S. The van der Waals surface area contributed by atoms with Crippen molar-refractivity contribution in [3.05, 3.63) is 20.8 Å². The Morgan fingerprint density at radius 2 is 2.33 bits per heavy atom. The molecule has 1 aliphatic rings. The average Bonchev–Trinajstić information content (AvgIpc) is 2.78. The van der Waals surface area contributed by atoms with Crippen molar-refractivity contribution in [3.63, 3.8) is 0 Å². The van der Waals surface area contributed by atoms with Crippen molar-refractivity contribution in [2.75, 3.05) is 19.8 Å². The monoisotopic (exact) mass is 334 g/mol. The summed E-state index contributed by atoms with van der Waals surface area (Å²) in [5.74, 6) is 5.79. The van der Waals surface area contributed by atoms with Crippen LogP contribution in [0, 0.1) is 0 Å². The summed E-state index contributed by atoms with van der Waals surface area (Å²) in [6.07, 6.45) is 1.72. The number of hydrazine groups is 1. The van der Waals surface area contributed by atoms with Crippen LogP contribution in [-0.2, 0) is 9.47 Å². The van der Waals surface area contributed by atoms with E-state index in [4.69, 9.17) is 15.3 Å². The highest BCUT2D eigenvalue weighted by molar-refractivity contribution is 9.10. The lowest BCUT2D eigenvalue weighted by Crippen LogP contribution is -2.51. The Bertz CT molecular complexity index is 374. The lowest BCUT2D eigenvalue weighted by molar-refractivity contribution is -0.127. The average molecular weight is 335 g/mol. The van der Waals surface area contributed by atoms with Crippen molar-refractivity contribution in [3.8, 4) is 0 Å². The zero-order valence-electron chi connectivity index (χ0n) is 10.4. The van der Waals surface area contributed by atoms with Crippen molar-refractivity contribution in [2.24, 2.45) is 5.84 Å². The van der Waals surface area contributed by atoms with Gasteiger partial charge in [0.05, 0.1) is 11.6 Å². The summed E-state index contributed by atoms with van der Waals surface area (Å²) in [6, 6.07) is 2.04. The van der Waals surface area contributed by atoms with E-state index in [0.717, 1.165) is 30.5 Å². The molecule has 2 rings (SSSR count). The maximum absolute atomic E-state index is 6.07. The number of nitrogens with one attached hydrogen (secondary N) is 1. The predicted octanol–water partition coefficient (Wildman–Crippen LogP) is 2.60. The molecule has 1 aromatic rings. The van der Waals surface area contributed by atoms with Crippen LogP contribution in [0.4, 0.5) is 0 Å². The first kappa shape index (κ1) is 14.4. The van der Waals surface area contributed by atoms with Gasteiger partial charge in [0.15, 0.2) is 0 Å². The van der Waals surface area contributed by atoms with Gasteiger partial charge in [0.2, 0.25) is 0 Å². The fourth-order valence-corrected chi connectivity index (χ4v) is 4.27. The zero-order chi connectivity index (χ0) is 13.0. The third-order valence-corrected chi connectivity index (χ3v) is 5.31. The molecule has 1 aliphatic heterocycles. The fourth-order valence-electron chi connectivity index (χ4n) is 2.50. The molecule has 1 saturated heterocycles. The highest BCUT2D eigenvalue weighted by Crippen LogP contribution is 2.41. The van der Waals surface area contributed by atoms with Gasteiger partial charge in [-0.15, -0.1) is 11.3 Å². The Morgan fingerprint density at radius 3 is 2.83 bits per heavy atom. The topological polar surface area (TPSA) is 56.5 Å². The molecule has 0 bridgehead atoms. The van der Waals surface area contributed by atoms with E-state index in [-0.39, 0.29) is 11.6 Å². The number of nitrogens with two attached hydrogens (primary N) is 1. The Morgan fingerprint density at radius 1 is 1.61 bits per heavy atom. The normalized spacial score (nSPS) is 20.8. The highest BCUT2D eigenvalue weighted by atomic mass is 79.9. The molecule has 0 saturated carbocycles. The van der Waals surface area contributed by atoms with E-state index >= 15 is 0 Å². The molecule has 6 heteroatoms. The third-order valence-electron chi connectivity index (χ3n) is 3.37. The van der Waals surface area contributed by atoms with Crippen molar-refractivity contribution < 1.29 is 9.47 Å². The zero-order valence-corrected chi connectivity index (χ0v) is 12.9. The van der Waals surface area contributed by atoms with Crippen molar-refractivity contribution in [1.29, 1.82) is 0 Å². The van der Waals surface area contributed by atoms with E-state index in [1.165, 1.54) is 4.88 Å². The number of ether oxygens (including phenoxy) is 2. The number of thiophene rings is 1. The standard InChI is InChI=1S/C12H19BrN2O2S/c1-2-17-12(4-6-16-7-5-12)11(15-14)10-9(13)3-8-18-10/h3,8,11,15H,2,4-7,14H2,1H3. The first-order valence-corrected chi connectivity index (χ1v) is 7.81. The van der Waals surface area contributed by atoms with Gasteiger partial charge in [-0.05, 0) is 34.3 Å². The quantitative estimate of drug-likeness (QED) is 0.642. The van der Waals surface area contributed by atoms with Crippen LogP contribution in [0.1, 0.15) is 30.7 Å². The van der Waals surface area contributed by atoms with Gasteiger partial charge in [-0.3, -0.25) is 5.84 Å². The first-order chi connectivity index (χ1) is 8.73. The van der Waals surface area contributed by atoms with E-state index in [1.807, 2.05) is 13.0 Å². The molecule has 1 unspecified atom stereocenters. The number of hydrogen-bond acceptors (Lipinski definition) is 5. The maximum atomic E-state index is 6.07. The smallest absolute Gasteiger partial charge is 0.0941 e. The lowest BCUT2D eigenvalue weighted by atomic mass is 9.85. The van der Waals surface area contributed by atoms with Gasteiger partial charge in [-0.2, -0.15) is 0 Å². The Labute approximate surface area is 120 Å². The van der Waals surface area contributed by atoms with Crippen molar-refractivity contribution >= 4 is 27.3 Å². The fraction of sp³-hybridized carbons (Fsp3) is 0.667. The van der Waals surface area contributed by atoms with Gasteiger partial charge in [0.1, 0.15) is 0 Å². The number of hydrogen-bond donors (Lipinski definition) is 2. The van der Waals surface area contributed by atoms with Crippen LogP contribution in [0.25, 0.3) is 0 Å². The summed E-state index contributed by atoms with van der Waals surface area (Å²) in [5, 5.41) is 2.06. The maximum Gasteiger partial charge on any atom is 0.0941 e. The molecule has 1 atom stereocenters. The first-order valence-electron chi connectivity index (χ1n) is 6.14. The van der Waals surface area contributed by atoms with Crippen LogP contribution in [0.15, 0.2) is 15.9 Å². The molecule has 3 N–H and O–H groups in total. The van der Waals surface area contributed by atoms with Crippen LogP contribution in [0.5, 0.6) is 0 Å². The van der Waals surface area contributed by atoms with Gasteiger partial charge >= 0.3 is 0 Å². The highest BCUT2D eigenvalue weighted by Gasteiger charge is 2.42. The minimum absolute atomic E-state index is 0.00396. The van der Waals surface area contributed by atoms with E-state index in [9.17, 15) is 0 Å². The summed E-state index contributed by atoms with van der Waals surface area (Å²) in [4.78, 5) is 1.19. The summed E-state index contributed by atoms with van der Waals surface area (Å²) in [6.45, 7) is 4.15. The van der Waals surface area contributed by atoms with Crippen LogP contribution >= 0.6 is 27.3 Å². The largest absolute Gasteiger partial charge is 0.381 e. The molecular weight excluding hydrogens is 316 g/mol. The molecule has 102 valence electrons. The van der Waals surface area contributed by atoms with Crippen LogP contribution < -0.4 is 11.3 Å². The third kappa shape index (κ3) is 2.79. The SMILES string of the molecule is CCOC1(C(NN)c2sccc2Br)CCOCC1. The minimum Gasteiger partial charge on any atom is -0.381 e. The van der Waals surface area contributed by atoms with E-state index in [2.05, 4.69) is 26.7 Å². The summed E-state index contributed by atoms with van der Waals surface area (Å²) >= 11 is 5.27. The summed E-state index contributed by atoms with van der Waals surface area (Å²) in [7, 11) is 0. The second kappa shape index (κ2) is 6.45. The van der Waals surface area contributed by atoms with E-state index in [0.29, 0.717) is 6.61 Å². The second-order valence-electron chi connectivity index (χ2n) is 4.34. The number of rotatable bonds is 5. The van der Waals surface area contributed by atoms with Crippen LogP contribution in [0.3, 0.4) is 0 Å². The van der Waals surface area contributed by atoms with Crippen molar-refractivity contribution in [2.45, 2.75) is 31.4 Å². The van der Waals surface area contributed by atoms with E-state index < -0.39 is 0 Å². The minimum atomic E-state index is -0.269. The van der Waals surface area contributed by atoms with E-state index in [1.54, 1.807) is 11.3 Å². The molecule has 0 radical (unpaired) electrons. The molecule has 0 amide bonds. The van der Waals surface area contributed by atoms with Crippen LogP contribution in [-0.4, -0.2) is 25.4 Å². The van der Waals surface area contributed by atoms with Gasteiger partial charge in [0.25, 0.3) is 0 Å². The molecule has 4 nitrogen and oxygen atoms in total. The van der Waals surface area contributed by atoms with Gasteiger partial charge in [-0.1, -0.05) is 0 Å². The van der Waals surface area contributed by atoms with Crippen molar-refractivity contribution in [1.82, 2.24) is 5.43 Å². The summed E-state index contributed by atoms with van der Waals surface area (Å²) < 4.78 is 12.6. The molecule has 0 aliphatic carbocycles. The Balaban J connectivity index is 2.29. The van der Waals surface area contributed by atoms with Gasteiger partial charge < -0.3 is 9.47 Å². The molecule has 0 aromatic carbocycles. The number of halogens is 1.